The van der Waals surface area contributed by atoms with E-state index in [0.29, 0.717) is 25.8 Å². The standard InChI is InChI=1S/C9H18N4O4S/c1-18(16,17)12-6-2-5-11-8(14)9(3-4-9)7(10)13-15/h12,15H,2-6H2,1H3,(H2,10,13)(H,11,14). The van der Waals surface area contributed by atoms with Gasteiger partial charge in [-0.25, -0.2) is 13.1 Å². The third kappa shape index (κ3) is 3.84. The van der Waals surface area contributed by atoms with Crippen molar-refractivity contribution in [2.75, 3.05) is 19.3 Å². The summed E-state index contributed by atoms with van der Waals surface area (Å²) in [4.78, 5) is 11.8. The molecule has 1 fully saturated rings. The molecule has 9 heteroatoms. The van der Waals surface area contributed by atoms with Gasteiger partial charge in [0.1, 0.15) is 5.41 Å². The molecule has 1 amide bonds. The molecule has 0 aliphatic heterocycles. The number of hydrogen-bond acceptors (Lipinski definition) is 5. The van der Waals surface area contributed by atoms with E-state index in [1.807, 2.05) is 0 Å². The van der Waals surface area contributed by atoms with Crippen molar-refractivity contribution in [1.82, 2.24) is 10.0 Å². The molecule has 1 saturated carbocycles. The summed E-state index contributed by atoms with van der Waals surface area (Å²) in [6, 6.07) is 0. The summed E-state index contributed by atoms with van der Waals surface area (Å²) in [5, 5.41) is 14.1. The van der Waals surface area contributed by atoms with E-state index in [9.17, 15) is 13.2 Å². The van der Waals surface area contributed by atoms with Gasteiger partial charge in [0, 0.05) is 13.1 Å². The van der Waals surface area contributed by atoms with Crippen molar-refractivity contribution in [3.8, 4) is 0 Å². The molecular weight excluding hydrogens is 260 g/mol. The Morgan fingerprint density at radius 1 is 1.44 bits per heavy atom. The highest BCUT2D eigenvalue weighted by molar-refractivity contribution is 7.88. The van der Waals surface area contributed by atoms with E-state index >= 15 is 0 Å². The number of carbonyl (C=O) groups is 1. The van der Waals surface area contributed by atoms with E-state index in [1.165, 1.54) is 0 Å². The summed E-state index contributed by atoms with van der Waals surface area (Å²) in [5.41, 5.74) is 4.59. The zero-order valence-electron chi connectivity index (χ0n) is 10.1. The number of rotatable bonds is 7. The van der Waals surface area contributed by atoms with Gasteiger partial charge in [0.15, 0.2) is 5.84 Å². The van der Waals surface area contributed by atoms with Gasteiger partial charge in [-0.2, -0.15) is 0 Å². The molecule has 0 heterocycles. The fourth-order valence-electron chi connectivity index (χ4n) is 1.54. The first-order valence-electron chi connectivity index (χ1n) is 5.53. The first-order chi connectivity index (χ1) is 8.32. The molecule has 1 rings (SSSR count). The zero-order valence-corrected chi connectivity index (χ0v) is 11.0. The van der Waals surface area contributed by atoms with Gasteiger partial charge >= 0.3 is 0 Å². The first-order valence-corrected chi connectivity index (χ1v) is 7.42. The van der Waals surface area contributed by atoms with Crippen LogP contribution in [-0.4, -0.2) is 44.7 Å². The quantitative estimate of drug-likeness (QED) is 0.149. The van der Waals surface area contributed by atoms with Crippen LogP contribution in [-0.2, 0) is 14.8 Å². The van der Waals surface area contributed by atoms with Crippen molar-refractivity contribution in [2.45, 2.75) is 19.3 Å². The Bertz CT molecular complexity index is 441. The minimum absolute atomic E-state index is 0.0748. The maximum Gasteiger partial charge on any atom is 0.233 e. The molecule has 0 saturated heterocycles. The highest BCUT2D eigenvalue weighted by Crippen LogP contribution is 2.45. The smallest absolute Gasteiger partial charge is 0.233 e. The van der Waals surface area contributed by atoms with Crippen LogP contribution in [0.1, 0.15) is 19.3 Å². The molecule has 0 unspecified atom stereocenters. The minimum atomic E-state index is -3.19. The Balaban J connectivity index is 2.27. The van der Waals surface area contributed by atoms with Crippen LogP contribution in [0.15, 0.2) is 5.16 Å². The number of amidine groups is 1. The number of nitrogens with two attached hydrogens (primary N) is 1. The van der Waals surface area contributed by atoms with Gasteiger partial charge in [-0.1, -0.05) is 5.16 Å². The zero-order chi connectivity index (χ0) is 13.8. The van der Waals surface area contributed by atoms with Gasteiger partial charge in [0.25, 0.3) is 0 Å². The topological polar surface area (TPSA) is 134 Å². The van der Waals surface area contributed by atoms with Crippen LogP contribution in [0.5, 0.6) is 0 Å². The summed E-state index contributed by atoms with van der Waals surface area (Å²) in [7, 11) is -3.19. The third-order valence-corrected chi connectivity index (χ3v) is 3.51. The van der Waals surface area contributed by atoms with Crippen molar-refractivity contribution in [3.05, 3.63) is 0 Å². The van der Waals surface area contributed by atoms with E-state index in [0.717, 1.165) is 6.26 Å². The maximum absolute atomic E-state index is 11.8. The lowest BCUT2D eigenvalue weighted by atomic mass is 10.1. The number of nitrogens with zero attached hydrogens (tertiary/aromatic N) is 1. The predicted molar refractivity (Wildman–Crippen MR) is 65.5 cm³/mol. The Labute approximate surface area is 106 Å². The molecule has 0 aromatic heterocycles. The third-order valence-electron chi connectivity index (χ3n) is 2.79. The number of sulfonamides is 1. The van der Waals surface area contributed by atoms with Crippen LogP contribution in [0.25, 0.3) is 0 Å². The normalized spacial score (nSPS) is 18.4. The Morgan fingerprint density at radius 2 is 2.06 bits per heavy atom. The van der Waals surface area contributed by atoms with Gasteiger partial charge in [-0.3, -0.25) is 4.79 Å². The van der Waals surface area contributed by atoms with Crippen LogP contribution in [0.4, 0.5) is 0 Å². The summed E-state index contributed by atoms with van der Waals surface area (Å²) in [6.45, 7) is 0.595. The average molecular weight is 278 g/mol. The van der Waals surface area contributed by atoms with Crippen molar-refractivity contribution in [3.63, 3.8) is 0 Å². The van der Waals surface area contributed by atoms with Crippen LogP contribution in [0, 0.1) is 5.41 Å². The van der Waals surface area contributed by atoms with Crippen LogP contribution in [0.2, 0.25) is 0 Å². The number of carbonyl (C=O) groups excluding carboxylic acids is 1. The second-order valence-corrected chi connectivity index (χ2v) is 6.18. The Morgan fingerprint density at radius 3 is 2.50 bits per heavy atom. The monoisotopic (exact) mass is 278 g/mol. The maximum atomic E-state index is 11.8. The summed E-state index contributed by atoms with van der Waals surface area (Å²) >= 11 is 0. The molecule has 0 atom stereocenters. The van der Waals surface area contributed by atoms with Crippen molar-refractivity contribution in [1.29, 1.82) is 0 Å². The van der Waals surface area contributed by atoms with Gasteiger partial charge < -0.3 is 16.3 Å². The summed E-state index contributed by atoms with van der Waals surface area (Å²) in [6.07, 6.45) is 2.68. The Hall–Kier alpha value is -1.35. The molecule has 1 aliphatic rings. The first kappa shape index (κ1) is 14.7. The van der Waals surface area contributed by atoms with Gasteiger partial charge in [0.05, 0.1) is 6.26 Å². The van der Waals surface area contributed by atoms with Gasteiger partial charge in [-0.15, -0.1) is 0 Å². The highest BCUT2D eigenvalue weighted by atomic mass is 32.2. The minimum Gasteiger partial charge on any atom is -0.409 e. The number of oxime groups is 1. The second kappa shape index (κ2) is 5.53. The molecule has 8 nitrogen and oxygen atoms in total. The number of hydrogen-bond donors (Lipinski definition) is 4. The van der Waals surface area contributed by atoms with Crippen LogP contribution < -0.4 is 15.8 Å². The molecule has 104 valence electrons. The molecule has 0 spiro atoms. The second-order valence-electron chi connectivity index (χ2n) is 4.34. The van der Waals surface area contributed by atoms with E-state index in [4.69, 9.17) is 10.9 Å². The van der Waals surface area contributed by atoms with Crippen molar-refractivity contribution >= 4 is 21.8 Å². The molecule has 0 aromatic carbocycles. The van der Waals surface area contributed by atoms with Crippen LogP contribution >= 0.6 is 0 Å². The van der Waals surface area contributed by atoms with E-state index < -0.39 is 15.4 Å². The van der Waals surface area contributed by atoms with E-state index in [2.05, 4.69) is 15.2 Å². The van der Waals surface area contributed by atoms with E-state index in [-0.39, 0.29) is 18.3 Å². The summed E-state index contributed by atoms with van der Waals surface area (Å²) < 4.78 is 23.9. The molecule has 1 aliphatic carbocycles. The predicted octanol–water partition coefficient (Wildman–Crippen LogP) is -1.43. The van der Waals surface area contributed by atoms with Crippen molar-refractivity contribution in [2.24, 2.45) is 16.3 Å². The molecule has 5 N–H and O–H groups in total. The number of nitrogens with one attached hydrogen (secondary N) is 2. The highest BCUT2D eigenvalue weighted by Gasteiger charge is 2.53. The SMILES string of the molecule is CS(=O)(=O)NCCCNC(=O)C1(C(N)=NO)CC1. The van der Waals surface area contributed by atoms with Crippen molar-refractivity contribution < 1.29 is 18.4 Å². The lowest BCUT2D eigenvalue weighted by Crippen LogP contribution is -2.41. The molecule has 0 bridgehead atoms. The molecular formula is C9H18N4O4S. The van der Waals surface area contributed by atoms with E-state index in [1.54, 1.807) is 0 Å². The summed E-state index contributed by atoms with van der Waals surface area (Å²) in [5.74, 6) is -0.355. The average Bonchev–Trinajstić information content (AvgIpc) is 3.07. The molecule has 0 aromatic rings. The van der Waals surface area contributed by atoms with Crippen LogP contribution in [0.3, 0.4) is 0 Å². The molecule has 0 radical (unpaired) electrons. The lowest BCUT2D eigenvalue weighted by Gasteiger charge is -2.13. The largest absolute Gasteiger partial charge is 0.409 e. The van der Waals surface area contributed by atoms with Gasteiger partial charge in [0.2, 0.25) is 15.9 Å². The van der Waals surface area contributed by atoms with Gasteiger partial charge in [-0.05, 0) is 19.3 Å². The Kier molecular flexibility index (Phi) is 4.52. The lowest BCUT2D eigenvalue weighted by molar-refractivity contribution is -0.124. The molecule has 18 heavy (non-hydrogen) atoms. The number of amides is 1. The fraction of sp³-hybridized carbons (Fsp3) is 0.778. The fourth-order valence-corrected chi connectivity index (χ4v) is 2.05.